The zero-order valence-electron chi connectivity index (χ0n) is 15.3. The van der Waals surface area contributed by atoms with E-state index < -0.39 is 11.9 Å². The minimum Gasteiger partial charge on any atom is -0.355 e. The molecule has 0 atom stereocenters. The van der Waals surface area contributed by atoms with E-state index in [0.29, 0.717) is 13.1 Å². The summed E-state index contributed by atoms with van der Waals surface area (Å²) in [5.74, 6) is 0.118. The number of aromatic nitrogens is 1. The maximum Gasteiger partial charge on any atom is 0.433 e. The van der Waals surface area contributed by atoms with Gasteiger partial charge in [-0.1, -0.05) is 30.3 Å². The predicted octanol–water partition coefficient (Wildman–Crippen LogP) is 4.03. The van der Waals surface area contributed by atoms with E-state index in [2.05, 4.69) is 22.0 Å². The lowest BCUT2D eigenvalue weighted by atomic mass is 9.79. The van der Waals surface area contributed by atoms with Gasteiger partial charge in [0.1, 0.15) is 17.6 Å². The number of nitrogens with zero attached hydrogens (tertiary/aromatic N) is 4. The van der Waals surface area contributed by atoms with Crippen LogP contribution in [-0.2, 0) is 11.7 Å². The number of anilines is 1. The second-order valence-corrected chi connectivity index (χ2v) is 6.96. The third-order valence-corrected chi connectivity index (χ3v) is 5.34. The van der Waals surface area contributed by atoms with Gasteiger partial charge in [0.25, 0.3) is 0 Å². The Morgan fingerprint density at radius 3 is 2.22 bits per heavy atom. The van der Waals surface area contributed by atoms with Gasteiger partial charge < -0.3 is 4.90 Å². The number of rotatable bonds is 3. The third-order valence-electron chi connectivity index (χ3n) is 5.34. The van der Waals surface area contributed by atoms with Crippen LogP contribution in [0.15, 0.2) is 42.5 Å². The molecule has 0 N–H and O–H groups in total. The van der Waals surface area contributed by atoms with E-state index >= 15 is 0 Å². The number of alkyl halides is 3. The smallest absolute Gasteiger partial charge is 0.355 e. The van der Waals surface area contributed by atoms with Crippen molar-refractivity contribution >= 4 is 5.82 Å². The van der Waals surface area contributed by atoms with Crippen molar-refractivity contribution in [1.29, 1.82) is 5.26 Å². The number of halogens is 3. The molecule has 1 saturated heterocycles. The molecule has 0 amide bonds. The van der Waals surface area contributed by atoms with Gasteiger partial charge >= 0.3 is 6.18 Å². The topological polar surface area (TPSA) is 43.2 Å². The molecule has 1 aliphatic rings. The summed E-state index contributed by atoms with van der Waals surface area (Å²) >= 11 is 0. The van der Waals surface area contributed by atoms with E-state index in [1.54, 1.807) is 4.90 Å². The highest BCUT2D eigenvalue weighted by atomic mass is 19.4. The van der Waals surface area contributed by atoms with E-state index in [1.165, 1.54) is 11.6 Å². The van der Waals surface area contributed by atoms with E-state index in [4.69, 9.17) is 0 Å². The second kappa shape index (κ2) is 7.20. The highest BCUT2D eigenvalue weighted by molar-refractivity contribution is 5.55. The molecule has 0 radical (unpaired) electrons. The first-order valence-corrected chi connectivity index (χ1v) is 8.74. The lowest BCUT2D eigenvalue weighted by Crippen LogP contribution is -2.50. The van der Waals surface area contributed by atoms with Crippen molar-refractivity contribution in [3.8, 4) is 6.07 Å². The fraction of sp³-hybridized carbons (Fsp3) is 0.400. The molecule has 0 aliphatic carbocycles. The number of benzene rings is 1. The van der Waals surface area contributed by atoms with Crippen LogP contribution in [0.2, 0.25) is 0 Å². The molecule has 0 bridgehead atoms. The zero-order valence-corrected chi connectivity index (χ0v) is 15.3. The van der Waals surface area contributed by atoms with E-state index in [9.17, 15) is 18.4 Å². The Morgan fingerprint density at radius 2 is 1.70 bits per heavy atom. The van der Waals surface area contributed by atoms with Gasteiger partial charge in [-0.2, -0.15) is 18.4 Å². The number of pyridine rings is 1. The molecule has 1 aromatic carbocycles. The molecular formula is C20H21F3N4. The first-order chi connectivity index (χ1) is 12.8. The summed E-state index contributed by atoms with van der Waals surface area (Å²) in [6, 6.07) is 14.2. The molecule has 1 aromatic heterocycles. The largest absolute Gasteiger partial charge is 0.433 e. The van der Waals surface area contributed by atoms with Crippen LogP contribution in [0.5, 0.6) is 0 Å². The van der Waals surface area contributed by atoms with Gasteiger partial charge in [0, 0.05) is 18.6 Å². The van der Waals surface area contributed by atoms with Crippen LogP contribution in [0.25, 0.3) is 0 Å². The van der Waals surface area contributed by atoms with Crippen LogP contribution >= 0.6 is 0 Å². The monoisotopic (exact) mass is 374 g/mol. The minimum absolute atomic E-state index is 0.118. The van der Waals surface area contributed by atoms with Gasteiger partial charge in [-0.25, -0.2) is 4.98 Å². The second-order valence-electron chi connectivity index (χ2n) is 6.96. The van der Waals surface area contributed by atoms with Crippen molar-refractivity contribution in [1.82, 2.24) is 9.88 Å². The minimum atomic E-state index is -4.53. The molecule has 0 saturated carbocycles. The van der Waals surface area contributed by atoms with Crippen molar-refractivity contribution in [3.63, 3.8) is 0 Å². The van der Waals surface area contributed by atoms with Gasteiger partial charge in [0.05, 0.1) is 5.56 Å². The van der Waals surface area contributed by atoms with E-state index in [1.807, 2.05) is 38.4 Å². The molecule has 142 valence electrons. The van der Waals surface area contributed by atoms with Crippen LogP contribution in [0.4, 0.5) is 19.0 Å². The summed E-state index contributed by atoms with van der Waals surface area (Å²) in [5.41, 5.74) is 0.197. The molecule has 7 heteroatoms. The first kappa shape index (κ1) is 19.2. The van der Waals surface area contributed by atoms with Gasteiger partial charge in [0.15, 0.2) is 0 Å². The molecule has 4 nitrogen and oxygen atoms in total. The molecule has 3 rings (SSSR count). The van der Waals surface area contributed by atoms with Crippen LogP contribution in [0.1, 0.15) is 29.7 Å². The molecule has 2 aromatic rings. The molecule has 27 heavy (non-hydrogen) atoms. The van der Waals surface area contributed by atoms with Gasteiger partial charge in [-0.3, -0.25) is 4.90 Å². The Hall–Kier alpha value is -2.59. The average molecular weight is 374 g/mol. The van der Waals surface area contributed by atoms with Crippen LogP contribution < -0.4 is 4.90 Å². The summed E-state index contributed by atoms with van der Waals surface area (Å²) in [7, 11) is 4.04. The average Bonchev–Trinajstić information content (AvgIpc) is 2.67. The summed E-state index contributed by atoms with van der Waals surface area (Å²) in [4.78, 5) is 7.73. The fourth-order valence-electron chi connectivity index (χ4n) is 3.77. The molecule has 0 spiro atoms. The Kier molecular flexibility index (Phi) is 5.11. The quantitative estimate of drug-likeness (QED) is 0.814. The third kappa shape index (κ3) is 3.62. The predicted molar refractivity (Wildman–Crippen MR) is 97.2 cm³/mol. The lowest BCUT2D eigenvalue weighted by molar-refractivity contribution is -0.141. The van der Waals surface area contributed by atoms with Crippen molar-refractivity contribution in [2.45, 2.75) is 24.6 Å². The van der Waals surface area contributed by atoms with Crippen LogP contribution in [0.3, 0.4) is 0 Å². The van der Waals surface area contributed by atoms with Gasteiger partial charge in [0.2, 0.25) is 0 Å². The Labute approximate surface area is 156 Å². The Bertz CT molecular complexity index is 833. The molecule has 2 heterocycles. The number of nitriles is 1. The van der Waals surface area contributed by atoms with Crippen LogP contribution in [0, 0.1) is 11.3 Å². The highest BCUT2D eigenvalue weighted by Gasteiger charge is 2.39. The van der Waals surface area contributed by atoms with E-state index in [0.717, 1.165) is 18.9 Å². The number of hydrogen-bond acceptors (Lipinski definition) is 4. The lowest BCUT2D eigenvalue weighted by Gasteiger charge is -2.47. The summed E-state index contributed by atoms with van der Waals surface area (Å²) in [6.07, 6.45) is -3.07. The molecule has 1 fully saturated rings. The zero-order chi connectivity index (χ0) is 19.7. The van der Waals surface area contributed by atoms with Crippen molar-refractivity contribution < 1.29 is 13.2 Å². The standard InChI is InChI=1S/C20H21F3N4/c1-26(2)19(16-6-4-3-5-7-16)10-12-27(13-11-19)18-15(14-24)8-9-17(25-18)20(21,22)23/h3-9H,10-13H2,1-2H3. The summed E-state index contributed by atoms with van der Waals surface area (Å²) < 4.78 is 39.2. The summed E-state index contributed by atoms with van der Waals surface area (Å²) in [6.45, 7) is 1.05. The number of hydrogen-bond donors (Lipinski definition) is 0. The Balaban J connectivity index is 1.90. The Morgan fingerprint density at radius 1 is 1.07 bits per heavy atom. The van der Waals surface area contributed by atoms with Crippen LogP contribution in [-0.4, -0.2) is 37.1 Å². The maximum atomic E-state index is 13.1. The molecule has 0 unspecified atom stereocenters. The first-order valence-electron chi connectivity index (χ1n) is 8.74. The van der Waals surface area contributed by atoms with Crippen molar-refractivity contribution in [3.05, 3.63) is 59.3 Å². The van der Waals surface area contributed by atoms with Crippen molar-refractivity contribution in [2.75, 3.05) is 32.1 Å². The molecular weight excluding hydrogens is 353 g/mol. The number of piperidine rings is 1. The van der Waals surface area contributed by atoms with E-state index in [-0.39, 0.29) is 16.9 Å². The fourth-order valence-corrected chi connectivity index (χ4v) is 3.77. The highest BCUT2D eigenvalue weighted by Crippen LogP contribution is 2.39. The van der Waals surface area contributed by atoms with Crippen molar-refractivity contribution in [2.24, 2.45) is 0 Å². The van der Waals surface area contributed by atoms with Gasteiger partial charge in [-0.05, 0) is 44.6 Å². The maximum absolute atomic E-state index is 13.1. The van der Waals surface area contributed by atoms with Gasteiger partial charge in [-0.15, -0.1) is 0 Å². The SMILES string of the molecule is CN(C)C1(c2ccccc2)CCN(c2nc(C(F)(F)F)ccc2C#N)CC1. The normalized spacial score (nSPS) is 17.0. The summed E-state index contributed by atoms with van der Waals surface area (Å²) in [5, 5.41) is 9.31. The molecule has 1 aliphatic heterocycles.